The number of fused-ring (bicyclic) bond motifs is 1. The fourth-order valence-corrected chi connectivity index (χ4v) is 3.72. The van der Waals surface area contributed by atoms with Crippen molar-refractivity contribution in [2.24, 2.45) is 0 Å². The smallest absolute Gasteiger partial charge is 0.247 e. The molecule has 4 heterocycles. The van der Waals surface area contributed by atoms with Gasteiger partial charge in [-0.25, -0.2) is 14.4 Å². The third-order valence-electron chi connectivity index (χ3n) is 5.29. The average molecular weight is 409 g/mol. The Kier molecular flexibility index (Phi) is 5.43. The Bertz CT molecular complexity index is 1080. The summed E-state index contributed by atoms with van der Waals surface area (Å²) in [5.41, 5.74) is 3.26. The van der Waals surface area contributed by atoms with Crippen molar-refractivity contribution in [3.8, 4) is 0 Å². The summed E-state index contributed by atoms with van der Waals surface area (Å²) in [5.74, 6) is 1.11. The van der Waals surface area contributed by atoms with Crippen LogP contribution in [0.2, 0.25) is 0 Å². The van der Waals surface area contributed by atoms with Crippen molar-refractivity contribution < 1.29 is 9.18 Å². The third-order valence-corrected chi connectivity index (χ3v) is 5.29. The fourth-order valence-electron chi connectivity index (χ4n) is 3.72. The van der Waals surface area contributed by atoms with E-state index in [0.717, 1.165) is 34.9 Å². The van der Waals surface area contributed by atoms with Crippen molar-refractivity contribution in [2.45, 2.75) is 45.7 Å². The van der Waals surface area contributed by atoms with Gasteiger partial charge in [-0.2, -0.15) is 5.10 Å². The molecule has 1 amide bonds. The summed E-state index contributed by atoms with van der Waals surface area (Å²) in [4.78, 5) is 27.3. The SMILES string of the molecule is CC[C@H]1C(=O)Nc2c(C)nc(CCc3cnn(Cc4cncc(F)c4)c3)nc2N1C. The minimum absolute atomic E-state index is 0.0205. The van der Waals surface area contributed by atoms with Crippen molar-refractivity contribution >= 4 is 17.4 Å². The van der Waals surface area contributed by atoms with Crippen LogP contribution >= 0.6 is 0 Å². The van der Waals surface area contributed by atoms with Crippen LogP contribution in [0, 0.1) is 12.7 Å². The molecule has 0 spiro atoms. The summed E-state index contributed by atoms with van der Waals surface area (Å²) in [6, 6.07) is 1.23. The van der Waals surface area contributed by atoms with Gasteiger partial charge in [0.25, 0.3) is 0 Å². The van der Waals surface area contributed by atoms with Gasteiger partial charge in [0.05, 0.1) is 24.6 Å². The lowest BCUT2D eigenvalue weighted by atomic mass is 10.1. The van der Waals surface area contributed by atoms with E-state index in [-0.39, 0.29) is 17.8 Å². The Morgan fingerprint density at radius 3 is 2.77 bits per heavy atom. The maximum absolute atomic E-state index is 13.3. The predicted octanol–water partition coefficient (Wildman–Crippen LogP) is 2.52. The number of hydrogen-bond acceptors (Lipinski definition) is 6. The zero-order valence-corrected chi connectivity index (χ0v) is 17.3. The van der Waals surface area contributed by atoms with Crippen LogP contribution in [0.15, 0.2) is 30.9 Å². The Morgan fingerprint density at radius 2 is 2.00 bits per heavy atom. The number of nitrogens with zero attached hydrogens (tertiary/aromatic N) is 6. The molecule has 156 valence electrons. The molecular weight excluding hydrogens is 385 g/mol. The molecule has 9 heteroatoms. The minimum Gasteiger partial charge on any atom is -0.346 e. The van der Waals surface area contributed by atoms with Crippen molar-refractivity contribution in [3.05, 3.63) is 59.3 Å². The highest BCUT2D eigenvalue weighted by Crippen LogP contribution is 2.32. The molecule has 1 aliphatic rings. The molecule has 0 radical (unpaired) electrons. The molecule has 0 saturated heterocycles. The molecule has 0 unspecified atom stereocenters. The molecule has 30 heavy (non-hydrogen) atoms. The highest BCUT2D eigenvalue weighted by Gasteiger charge is 2.32. The van der Waals surface area contributed by atoms with Crippen LogP contribution in [0.1, 0.15) is 36.0 Å². The van der Waals surface area contributed by atoms with Gasteiger partial charge in [-0.15, -0.1) is 0 Å². The lowest BCUT2D eigenvalue weighted by Gasteiger charge is -2.34. The number of carbonyl (C=O) groups excluding carboxylic acids is 1. The van der Waals surface area contributed by atoms with Crippen molar-refractivity contribution in [2.75, 3.05) is 17.3 Å². The second kappa shape index (κ2) is 8.17. The monoisotopic (exact) mass is 409 g/mol. The Morgan fingerprint density at radius 1 is 1.17 bits per heavy atom. The van der Waals surface area contributed by atoms with Crippen LogP contribution in [-0.2, 0) is 24.2 Å². The van der Waals surface area contributed by atoms with Gasteiger partial charge in [0.2, 0.25) is 5.91 Å². The summed E-state index contributed by atoms with van der Waals surface area (Å²) in [7, 11) is 1.90. The number of aromatic nitrogens is 5. The summed E-state index contributed by atoms with van der Waals surface area (Å²) >= 11 is 0. The molecule has 1 N–H and O–H groups in total. The Balaban J connectivity index is 1.46. The van der Waals surface area contributed by atoms with Gasteiger partial charge >= 0.3 is 0 Å². The van der Waals surface area contributed by atoms with Crippen LogP contribution in [0.3, 0.4) is 0 Å². The van der Waals surface area contributed by atoms with Gasteiger partial charge in [-0.3, -0.25) is 14.5 Å². The lowest BCUT2D eigenvalue weighted by Crippen LogP contribution is -2.46. The van der Waals surface area contributed by atoms with Crippen molar-refractivity contribution in [1.82, 2.24) is 24.7 Å². The second-order valence-electron chi connectivity index (χ2n) is 7.51. The number of hydrogen-bond donors (Lipinski definition) is 1. The standard InChI is InChI=1S/C21H24FN7O/c1-4-17-21(30)27-19-13(2)25-18(26-20(19)28(17)3)6-5-14-9-24-29(11-14)12-15-7-16(22)10-23-8-15/h7-11,17H,4-6,12H2,1-3H3,(H,27,30)/t17-/m0/s1. The molecule has 4 rings (SSSR count). The topological polar surface area (TPSA) is 88.8 Å². The Hall–Kier alpha value is -3.36. The molecular formula is C21H24FN7O. The van der Waals surface area contributed by atoms with E-state index in [4.69, 9.17) is 4.98 Å². The Labute approximate surface area is 174 Å². The molecule has 0 fully saturated rings. The number of halogens is 1. The molecule has 8 nitrogen and oxygen atoms in total. The van der Waals surface area contributed by atoms with Gasteiger partial charge in [0.1, 0.15) is 23.4 Å². The third kappa shape index (κ3) is 4.00. The maximum atomic E-state index is 13.3. The predicted molar refractivity (Wildman–Crippen MR) is 111 cm³/mol. The molecule has 3 aromatic rings. The molecule has 0 aliphatic carbocycles. The number of carbonyl (C=O) groups is 1. The largest absolute Gasteiger partial charge is 0.346 e. The summed E-state index contributed by atoms with van der Waals surface area (Å²) < 4.78 is 15.1. The number of likely N-dealkylation sites (N-methyl/N-ethyl adjacent to an activating group) is 1. The molecule has 0 bridgehead atoms. The van der Waals surface area contributed by atoms with Crippen LogP contribution < -0.4 is 10.2 Å². The number of pyridine rings is 1. The lowest BCUT2D eigenvalue weighted by molar-refractivity contribution is -0.117. The van der Waals surface area contributed by atoms with Gasteiger partial charge in [-0.05, 0) is 37.0 Å². The van der Waals surface area contributed by atoms with E-state index in [1.165, 1.54) is 12.3 Å². The van der Waals surface area contributed by atoms with Crippen LogP contribution in [0.5, 0.6) is 0 Å². The van der Waals surface area contributed by atoms with E-state index in [9.17, 15) is 9.18 Å². The van der Waals surface area contributed by atoms with Gasteiger partial charge in [0.15, 0.2) is 5.82 Å². The molecule has 3 aromatic heterocycles. The normalized spacial score (nSPS) is 15.8. The van der Waals surface area contributed by atoms with Crippen LogP contribution in [0.4, 0.5) is 15.9 Å². The van der Waals surface area contributed by atoms with Crippen molar-refractivity contribution in [3.63, 3.8) is 0 Å². The minimum atomic E-state index is -0.355. The maximum Gasteiger partial charge on any atom is 0.247 e. The number of rotatable bonds is 6. The highest BCUT2D eigenvalue weighted by atomic mass is 19.1. The van der Waals surface area contributed by atoms with E-state index in [0.29, 0.717) is 25.1 Å². The molecule has 0 saturated carbocycles. The van der Waals surface area contributed by atoms with Gasteiger partial charge < -0.3 is 10.2 Å². The summed E-state index contributed by atoms with van der Waals surface area (Å²) in [6.07, 6.45) is 8.65. The van der Waals surface area contributed by atoms with Crippen LogP contribution in [0.25, 0.3) is 0 Å². The van der Waals surface area contributed by atoms with E-state index in [1.807, 2.05) is 32.0 Å². The number of anilines is 2. The average Bonchev–Trinajstić information content (AvgIpc) is 3.15. The van der Waals surface area contributed by atoms with Crippen molar-refractivity contribution in [1.29, 1.82) is 0 Å². The highest BCUT2D eigenvalue weighted by molar-refractivity contribution is 6.03. The first-order valence-electron chi connectivity index (χ1n) is 9.96. The fraction of sp³-hybridized carbons (Fsp3) is 0.381. The first-order chi connectivity index (χ1) is 14.4. The van der Waals surface area contributed by atoms with E-state index in [1.54, 1.807) is 17.1 Å². The van der Waals surface area contributed by atoms with E-state index < -0.39 is 0 Å². The number of nitrogens with one attached hydrogen (secondary N) is 1. The van der Waals surface area contributed by atoms with Crippen LogP contribution in [-0.4, -0.2) is 43.7 Å². The molecule has 1 aliphatic heterocycles. The zero-order chi connectivity index (χ0) is 21.3. The van der Waals surface area contributed by atoms with Gasteiger partial charge in [-0.1, -0.05) is 6.92 Å². The van der Waals surface area contributed by atoms with E-state index in [2.05, 4.69) is 20.4 Å². The summed E-state index contributed by atoms with van der Waals surface area (Å²) in [5, 5.41) is 7.29. The molecule has 0 aromatic carbocycles. The quantitative estimate of drug-likeness (QED) is 0.673. The van der Waals surface area contributed by atoms with E-state index >= 15 is 0 Å². The zero-order valence-electron chi connectivity index (χ0n) is 17.3. The first kappa shape index (κ1) is 19.9. The number of amides is 1. The second-order valence-corrected chi connectivity index (χ2v) is 7.51. The molecule has 1 atom stereocenters. The van der Waals surface area contributed by atoms with Gasteiger partial charge in [0, 0.05) is 25.9 Å². The summed E-state index contributed by atoms with van der Waals surface area (Å²) in [6.45, 7) is 4.33. The number of aryl methyl sites for hydroxylation is 3. The first-order valence-corrected chi connectivity index (χ1v) is 9.96.